The predicted molar refractivity (Wildman–Crippen MR) is 151 cm³/mol. The molecule has 5 rings (SSSR count). The van der Waals surface area contributed by atoms with Crippen LogP contribution in [0.4, 0.5) is 10.1 Å². The van der Waals surface area contributed by atoms with E-state index >= 15 is 0 Å². The number of aliphatic hydroxyl groups is 2. The third-order valence-corrected chi connectivity index (χ3v) is 6.66. The minimum atomic E-state index is -1.13. The van der Waals surface area contributed by atoms with E-state index in [-0.39, 0.29) is 18.9 Å². The smallest absolute Gasteiger partial charge is 0.249 e. The Labute approximate surface area is 241 Å². The number of hydrogen-bond acceptors (Lipinski definition) is 10. The number of aldehydes is 1. The first-order valence-electron chi connectivity index (χ1n) is 13.3. The van der Waals surface area contributed by atoms with Gasteiger partial charge in [0.15, 0.2) is 0 Å². The average molecular weight is 581 g/mol. The van der Waals surface area contributed by atoms with Gasteiger partial charge in [0.25, 0.3) is 0 Å². The van der Waals surface area contributed by atoms with E-state index < -0.39 is 36.8 Å². The van der Waals surface area contributed by atoms with Crippen molar-refractivity contribution >= 4 is 17.9 Å². The lowest BCUT2D eigenvalue weighted by Gasteiger charge is -2.37. The molecule has 4 aromatic rings. The molecule has 0 aliphatic carbocycles. The van der Waals surface area contributed by atoms with Gasteiger partial charge in [-0.15, -0.1) is 10.2 Å². The first-order chi connectivity index (χ1) is 20.4. The Morgan fingerprint density at radius 3 is 2.52 bits per heavy atom. The van der Waals surface area contributed by atoms with E-state index in [0.29, 0.717) is 23.5 Å². The van der Waals surface area contributed by atoms with Crippen molar-refractivity contribution in [3.05, 3.63) is 66.7 Å². The maximum absolute atomic E-state index is 13.6. The number of aromatic nitrogens is 6. The molecule has 4 atom stereocenters. The highest BCUT2D eigenvalue weighted by atomic mass is 19.1. The predicted octanol–water partition coefficient (Wildman–Crippen LogP) is 1.46. The molecule has 14 heteroatoms. The number of hydrogen-bond donors (Lipinski definition) is 4. The zero-order valence-corrected chi connectivity index (χ0v) is 23.2. The van der Waals surface area contributed by atoms with Crippen molar-refractivity contribution in [3.8, 4) is 22.5 Å². The standard InChI is InChI=1S/C26H29FN8O4.C2H4O/c1-28-19-7-5-16(6-8-19)20-13-34(32-30-20)10-9-29-26(38)23-12-22(25(37)24(15-36)39-23)35-14-21(31-33-35)17-3-2-4-18(27)11-17;1-2-3/h2-8,11,13-14,22-25,28,36-37H,9-10,12,15H2,1H3,(H,29,38);2H,1H3. The molecule has 4 unspecified atom stereocenters. The van der Waals surface area contributed by atoms with E-state index in [1.807, 2.05) is 31.3 Å². The lowest BCUT2D eigenvalue weighted by atomic mass is 9.95. The average Bonchev–Trinajstić information content (AvgIpc) is 3.68. The maximum atomic E-state index is 13.6. The molecule has 0 radical (unpaired) electrons. The van der Waals surface area contributed by atoms with Crippen molar-refractivity contribution < 1.29 is 28.9 Å². The molecule has 222 valence electrons. The lowest BCUT2D eigenvalue weighted by molar-refractivity contribution is -0.171. The fourth-order valence-electron chi connectivity index (χ4n) is 4.51. The first-order valence-corrected chi connectivity index (χ1v) is 13.3. The summed E-state index contributed by atoms with van der Waals surface area (Å²) in [4.78, 5) is 21.8. The van der Waals surface area contributed by atoms with Gasteiger partial charge >= 0.3 is 0 Å². The van der Waals surface area contributed by atoms with Crippen LogP contribution in [-0.4, -0.2) is 90.9 Å². The van der Waals surface area contributed by atoms with Crippen molar-refractivity contribution in [1.29, 1.82) is 0 Å². The number of carbonyl (C=O) groups is 2. The molecule has 1 aliphatic heterocycles. The van der Waals surface area contributed by atoms with Gasteiger partial charge < -0.3 is 30.4 Å². The highest BCUT2D eigenvalue weighted by Crippen LogP contribution is 2.30. The monoisotopic (exact) mass is 580 g/mol. The Hall–Kier alpha value is -4.53. The van der Waals surface area contributed by atoms with Gasteiger partial charge in [-0.25, -0.2) is 9.07 Å². The van der Waals surface area contributed by atoms with Crippen LogP contribution in [0.25, 0.3) is 22.5 Å². The van der Waals surface area contributed by atoms with Crippen LogP contribution in [0, 0.1) is 5.82 Å². The minimum absolute atomic E-state index is 0.103. The Bertz CT molecular complexity index is 1460. The summed E-state index contributed by atoms with van der Waals surface area (Å²) in [7, 11) is 1.85. The van der Waals surface area contributed by atoms with Crippen molar-refractivity contribution in [3.63, 3.8) is 0 Å². The van der Waals surface area contributed by atoms with Crippen molar-refractivity contribution in [1.82, 2.24) is 35.3 Å². The summed E-state index contributed by atoms with van der Waals surface area (Å²) in [6.45, 7) is 1.61. The van der Waals surface area contributed by atoms with E-state index in [2.05, 4.69) is 31.3 Å². The van der Waals surface area contributed by atoms with Crippen molar-refractivity contribution in [2.45, 2.75) is 44.2 Å². The molecule has 4 N–H and O–H groups in total. The second-order valence-electron chi connectivity index (χ2n) is 9.45. The first kappa shape index (κ1) is 30.4. The highest BCUT2D eigenvalue weighted by molar-refractivity contribution is 5.81. The van der Waals surface area contributed by atoms with Crippen LogP contribution in [0.15, 0.2) is 60.9 Å². The molecule has 1 fully saturated rings. The number of anilines is 1. The number of amides is 1. The van der Waals surface area contributed by atoms with Gasteiger partial charge in [0.2, 0.25) is 5.91 Å². The van der Waals surface area contributed by atoms with Gasteiger partial charge in [0, 0.05) is 36.8 Å². The molecule has 1 saturated heterocycles. The van der Waals surface area contributed by atoms with Crippen LogP contribution in [0.2, 0.25) is 0 Å². The topological polar surface area (TPSA) is 169 Å². The molecule has 2 aromatic heterocycles. The third-order valence-electron chi connectivity index (χ3n) is 6.66. The quantitative estimate of drug-likeness (QED) is 0.213. The fraction of sp³-hybridized carbons (Fsp3) is 0.357. The molecule has 2 aromatic carbocycles. The van der Waals surface area contributed by atoms with Gasteiger partial charge in [-0.3, -0.25) is 9.48 Å². The number of halogens is 1. The van der Waals surface area contributed by atoms with Crippen LogP contribution in [0.3, 0.4) is 0 Å². The summed E-state index contributed by atoms with van der Waals surface area (Å²) < 4.78 is 22.4. The number of carbonyl (C=O) groups excluding carboxylic acids is 2. The van der Waals surface area contributed by atoms with E-state index in [9.17, 15) is 19.4 Å². The lowest BCUT2D eigenvalue weighted by Crippen LogP contribution is -2.52. The van der Waals surface area contributed by atoms with Gasteiger partial charge in [0.05, 0.1) is 31.6 Å². The van der Waals surface area contributed by atoms with E-state index in [1.54, 1.807) is 29.2 Å². The van der Waals surface area contributed by atoms with Crippen molar-refractivity contribution in [2.24, 2.45) is 0 Å². The van der Waals surface area contributed by atoms with Gasteiger partial charge in [0.1, 0.15) is 41.8 Å². The summed E-state index contributed by atoms with van der Waals surface area (Å²) >= 11 is 0. The summed E-state index contributed by atoms with van der Waals surface area (Å²) in [6.07, 6.45) is 1.17. The number of rotatable bonds is 9. The molecule has 13 nitrogen and oxygen atoms in total. The number of nitrogens with one attached hydrogen (secondary N) is 2. The fourth-order valence-corrected chi connectivity index (χ4v) is 4.51. The van der Waals surface area contributed by atoms with Crippen LogP contribution >= 0.6 is 0 Å². The molecule has 0 bridgehead atoms. The second kappa shape index (κ2) is 14.4. The SMILES string of the molecule is CC=O.CNc1ccc(-c2cn(CCNC(=O)C3CC(n4cc(-c5cccc(F)c5)nn4)C(O)C(CO)O3)nn2)cc1. The second-order valence-corrected chi connectivity index (χ2v) is 9.45. The van der Waals surface area contributed by atoms with Crippen LogP contribution in [0.1, 0.15) is 19.4 Å². The third kappa shape index (κ3) is 7.40. The Morgan fingerprint density at radius 1 is 1.12 bits per heavy atom. The molecule has 42 heavy (non-hydrogen) atoms. The van der Waals surface area contributed by atoms with Gasteiger partial charge in [-0.05, 0) is 31.2 Å². The summed E-state index contributed by atoms with van der Waals surface area (Å²) in [6, 6.07) is 13.0. The Morgan fingerprint density at radius 2 is 1.83 bits per heavy atom. The number of ether oxygens (including phenoxy) is 1. The Balaban J connectivity index is 0.00000129. The van der Waals surface area contributed by atoms with E-state index in [4.69, 9.17) is 9.53 Å². The molecular formula is C28H33FN8O5. The molecule has 3 heterocycles. The van der Waals surface area contributed by atoms with Crippen LogP contribution in [0.5, 0.6) is 0 Å². The maximum Gasteiger partial charge on any atom is 0.249 e. The zero-order chi connectivity index (χ0) is 30.1. The molecule has 0 spiro atoms. The molecule has 1 amide bonds. The summed E-state index contributed by atoms with van der Waals surface area (Å²) in [5, 5.41) is 42.9. The van der Waals surface area contributed by atoms with Crippen LogP contribution in [-0.2, 0) is 20.9 Å². The largest absolute Gasteiger partial charge is 0.394 e. The minimum Gasteiger partial charge on any atom is -0.394 e. The zero-order valence-electron chi connectivity index (χ0n) is 23.2. The number of nitrogens with zero attached hydrogens (tertiary/aromatic N) is 6. The normalized spacial score (nSPS) is 19.8. The highest BCUT2D eigenvalue weighted by Gasteiger charge is 2.41. The van der Waals surface area contributed by atoms with Gasteiger partial charge in [-0.2, -0.15) is 0 Å². The van der Waals surface area contributed by atoms with E-state index in [1.165, 1.54) is 23.7 Å². The summed E-state index contributed by atoms with van der Waals surface area (Å²) in [5.41, 5.74) is 3.58. The van der Waals surface area contributed by atoms with E-state index in [0.717, 1.165) is 17.5 Å². The Kier molecular flexibility index (Phi) is 10.4. The molecular weight excluding hydrogens is 547 g/mol. The molecule has 1 aliphatic rings. The van der Waals surface area contributed by atoms with Gasteiger partial charge in [-0.1, -0.05) is 34.7 Å². The number of aliphatic hydroxyl groups excluding tert-OH is 2. The van der Waals surface area contributed by atoms with Crippen LogP contribution < -0.4 is 10.6 Å². The number of benzene rings is 2. The molecule has 0 saturated carbocycles. The summed E-state index contributed by atoms with van der Waals surface area (Å²) in [5.74, 6) is -0.797. The van der Waals surface area contributed by atoms with Crippen molar-refractivity contribution in [2.75, 3.05) is 25.5 Å².